The van der Waals surface area contributed by atoms with Gasteiger partial charge in [-0.25, -0.2) is 4.98 Å². The smallest absolute Gasteiger partial charge is 0.0798 e. The first kappa shape index (κ1) is 14.5. The number of hydrogen-bond acceptors (Lipinski definition) is 4. The van der Waals surface area contributed by atoms with Crippen molar-refractivity contribution < 1.29 is 0 Å². The van der Waals surface area contributed by atoms with Crippen molar-refractivity contribution in [3.63, 3.8) is 0 Å². The van der Waals surface area contributed by atoms with E-state index in [2.05, 4.69) is 16.9 Å². The van der Waals surface area contributed by atoms with Crippen molar-refractivity contribution >= 4 is 22.9 Å². The zero-order valence-electron chi connectivity index (χ0n) is 11.1. The third kappa shape index (κ3) is 3.54. The number of likely N-dealkylation sites (N-methyl/N-ethyl adjacent to an activating group) is 1. The number of halogens is 1. The number of nitrogens with two attached hydrogens (primary N) is 1. The number of benzene rings is 1. The van der Waals surface area contributed by atoms with Gasteiger partial charge in [-0.3, -0.25) is 4.90 Å². The molecular weight excluding hydrogens is 278 g/mol. The molecule has 1 aromatic heterocycles. The highest BCUT2D eigenvalue weighted by Gasteiger charge is 2.17. The molecule has 0 saturated carbocycles. The maximum absolute atomic E-state index is 5.92. The van der Waals surface area contributed by atoms with Crippen LogP contribution in [0.5, 0.6) is 0 Å². The Morgan fingerprint density at radius 1 is 1.37 bits per heavy atom. The lowest BCUT2D eigenvalue weighted by molar-refractivity contribution is 0.243. The summed E-state index contributed by atoms with van der Waals surface area (Å²) < 4.78 is 0. The van der Waals surface area contributed by atoms with Gasteiger partial charge in [-0.2, -0.15) is 0 Å². The van der Waals surface area contributed by atoms with E-state index in [9.17, 15) is 0 Å². The third-order valence-corrected chi connectivity index (χ3v) is 4.42. The second kappa shape index (κ2) is 6.48. The van der Waals surface area contributed by atoms with Crippen LogP contribution in [0.1, 0.15) is 22.2 Å². The summed E-state index contributed by atoms with van der Waals surface area (Å²) in [5.74, 6) is 0. The molecule has 2 rings (SSSR count). The van der Waals surface area contributed by atoms with E-state index in [-0.39, 0.29) is 6.04 Å². The molecule has 0 spiro atoms. The summed E-state index contributed by atoms with van der Waals surface area (Å²) in [5, 5.41) is 0.750. The Kier molecular flexibility index (Phi) is 4.93. The SMILES string of the molecule is Cc1ncsc1CN(C)C(CN)c1ccc(Cl)cc1. The van der Waals surface area contributed by atoms with Gasteiger partial charge in [0.15, 0.2) is 0 Å². The molecular formula is C14H18ClN3S. The highest BCUT2D eigenvalue weighted by molar-refractivity contribution is 7.09. The van der Waals surface area contributed by atoms with Crippen LogP contribution in [-0.4, -0.2) is 23.5 Å². The summed E-state index contributed by atoms with van der Waals surface area (Å²) in [6.07, 6.45) is 0. The Hall–Kier alpha value is -0.940. The van der Waals surface area contributed by atoms with Crippen LogP contribution >= 0.6 is 22.9 Å². The van der Waals surface area contributed by atoms with Crippen molar-refractivity contribution in [1.82, 2.24) is 9.88 Å². The van der Waals surface area contributed by atoms with Gasteiger partial charge >= 0.3 is 0 Å². The lowest BCUT2D eigenvalue weighted by Crippen LogP contribution is -2.30. The molecule has 0 bridgehead atoms. The zero-order chi connectivity index (χ0) is 13.8. The number of rotatable bonds is 5. The maximum Gasteiger partial charge on any atom is 0.0798 e. The Balaban J connectivity index is 2.13. The molecule has 1 unspecified atom stereocenters. The van der Waals surface area contributed by atoms with Gasteiger partial charge in [-0.1, -0.05) is 23.7 Å². The molecule has 0 aliphatic carbocycles. The average molecular weight is 296 g/mol. The number of nitrogens with zero attached hydrogens (tertiary/aromatic N) is 2. The standard InChI is InChI=1S/C14H18ClN3S/c1-10-14(19-9-17-10)8-18(2)13(7-16)11-3-5-12(15)6-4-11/h3-6,9,13H,7-8,16H2,1-2H3. The largest absolute Gasteiger partial charge is 0.329 e. The van der Waals surface area contributed by atoms with Gasteiger partial charge in [-0.15, -0.1) is 11.3 Å². The highest BCUT2D eigenvalue weighted by Crippen LogP contribution is 2.24. The van der Waals surface area contributed by atoms with Gasteiger partial charge in [-0.05, 0) is 31.7 Å². The summed E-state index contributed by atoms with van der Waals surface area (Å²) in [6.45, 7) is 3.48. The monoisotopic (exact) mass is 295 g/mol. The second-order valence-corrected chi connectivity index (χ2v) is 5.95. The molecule has 1 heterocycles. The Morgan fingerprint density at radius 2 is 2.05 bits per heavy atom. The fourth-order valence-corrected chi connectivity index (χ4v) is 3.04. The minimum atomic E-state index is 0.193. The number of aromatic nitrogens is 1. The van der Waals surface area contributed by atoms with E-state index < -0.39 is 0 Å². The van der Waals surface area contributed by atoms with E-state index >= 15 is 0 Å². The zero-order valence-corrected chi connectivity index (χ0v) is 12.7. The highest BCUT2D eigenvalue weighted by atomic mass is 35.5. The van der Waals surface area contributed by atoms with Crippen molar-refractivity contribution in [1.29, 1.82) is 0 Å². The number of aryl methyl sites for hydroxylation is 1. The molecule has 2 aromatic rings. The predicted octanol–water partition coefficient (Wildman–Crippen LogP) is 3.24. The molecule has 5 heteroatoms. The van der Waals surface area contributed by atoms with Crippen molar-refractivity contribution in [2.24, 2.45) is 5.73 Å². The van der Waals surface area contributed by atoms with Crippen LogP contribution < -0.4 is 5.73 Å². The second-order valence-electron chi connectivity index (χ2n) is 4.58. The van der Waals surface area contributed by atoms with E-state index in [0.29, 0.717) is 6.54 Å². The topological polar surface area (TPSA) is 42.2 Å². The van der Waals surface area contributed by atoms with E-state index in [0.717, 1.165) is 17.3 Å². The van der Waals surface area contributed by atoms with Gasteiger partial charge in [0.25, 0.3) is 0 Å². The maximum atomic E-state index is 5.92. The summed E-state index contributed by atoms with van der Waals surface area (Å²) >= 11 is 7.61. The fourth-order valence-electron chi connectivity index (χ4n) is 2.07. The molecule has 0 saturated heterocycles. The lowest BCUT2D eigenvalue weighted by Gasteiger charge is -2.27. The molecule has 0 aliphatic heterocycles. The molecule has 19 heavy (non-hydrogen) atoms. The predicted molar refractivity (Wildman–Crippen MR) is 81.6 cm³/mol. The van der Waals surface area contributed by atoms with Crippen molar-refractivity contribution in [2.45, 2.75) is 19.5 Å². The number of hydrogen-bond donors (Lipinski definition) is 1. The Morgan fingerprint density at radius 3 is 2.58 bits per heavy atom. The summed E-state index contributed by atoms with van der Waals surface area (Å²) in [4.78, 5) is 7.82. The van der Waals surface area contributed by atoms with E-state index in [1.165, 1.54) is 10.4 Å². The van der Waals surface area contributed by atoms with Crippen LogP contribution in [0.15, 0.2) is 29.8 Å². The first-order chi connectivity index (χ1) is 9.11. The minimum absolute atomic E-state index is 0.193. The molecule has 0 fully saturated rings. The van der Waals surface area contributed by atoms with Gasteiger partial charge in [0.2, 0.25) is 0 Å². The first-order valence-corrected chi connectivity index (χ1v) is 7.42. The molecule has 102 valence electrons. The van der Waals surface area contributed by atoms with Gasteiger partial charge in [0.1, 0.15) is 0 Å². The van der Waals surface area contributed by atoms with E-state index in [1.807, 2.05) is 36.7 Å². The van der Waals surface area contributed by atoms with Gasteiger partial charge in [0, 0.05) is 29.0 Å². The quantitative estimate of drug-likeness (QED) is 0.921. The molecule has 0 aliphatic rings. The summed E-state index contributed by atoms with van der Waals surface area (Å²) in [5.41, 5.74) is 10.1. The lowest BCUT2D eigenvalue weighted by atomic mass is 10.1. The Labute approximate surface area is 123 Å². The summed E-state index contributed by atoms with van der Waals surface area (Å²) in [6, 6.07) is 8.08. The minimum Gasteiger partial charge on any atom is -0.329 e. The number of thiazole rings is 1. The molecule has 3 nitrogen and oxygen atoms in total. The van der Waals surface area contributed by atoms with E-state index in [1.54, 1.807) is 11.3 Å². The molecule has 1 atom stereocenters. The van der Waals surface area contributed by atoms with Crippen molar-refractivity contribution in [2.75, 3.05) is 13.6 Å². The van der Waals surface area contributed by atoms with Crippen LogP contribution in [0.3, 0.4) is 0 Å². The van der Waals surface area contributed by atoms with Gasteiger partial charge in [0.05, 0.1) is 11.2 Å². The van der Waals surface area contributed by atoms with Crippen molar-refractivity contribution in [3.05, 3.63) is 50.9 Å². The molecule has 0 radical (unpaired) electrons. The van der Waals surface area contributed by atoms with Crippen LogP contribution in [0.25, 0.3) is 0 Å². The average Bonchev–Trinajstić information content (AvgIpc) is 2.78. The fraction of sp³-hybridized carbons (Fsp3) is 0.357. The normalized spacial score (nSPS) is 12.9. The third-order valence-electron chi connectivity index (χ3n) is 3.25. The van der Waals surface area contributed by atoms with E-state index in [4.69, 9.17) is 17.3 Å². The van der Waals surface area contributed by atoms with Crippen molar-refractivity contribution in [3.8, 4) is 0 Å². The molecule has 1 aromatic carbocycles. The molecule has 0 amide bonds. The van der Waals surface area contributed by atoms with Gasteiger partial charge < -0.3 is 5.73 Å². The first-order valence-electron chi connectivity index (χ1n) is 6.16. The summed E-state index contributed by atoms with van der Waals surface area (Å²) in [7, 11) is 2.09. The van der Waals surface area contributed by atoms with Crippen LogP contribution in [0.4, 0.5) is 0 Å². The Bertz CT molecular complexity index is 524. The molecule has 2 N–H and O–H groups in total. The van der Waals surface area contributed by atoms with Crippen LogP contribution in [0.2, 0.25) is 5.02 Å². The van der Waals surface area contributed by atoms with Crippen LogP contribution in [0, 0.1) is 6.92 Å². The van der Waals surface area contributed by atoms with Crippen LogP contribution in [-0.2, 0) is 6.54 Å².